The molecule has 3 heterocycles. The van der Waals surface area contributed by atoms with Crippen molar-refractivity contribution in [2.24, 2.45) is 5.10 Å². The molecule has 0 aliphatic heterocycles. The normalized spacial score (nSPS) is 11.3. The second-order valence-corrected chi connectivity index (χ2v) is 5.82. The summed E-state index contributed by atoms with van der Waals surface area (Å²) < 4.78 is 10.9. The molecule has 1 amide bonds. The van der Waals surface area contributed by atoms with Crippen molar-refractivity contribution in [3.8, 4) is 5.82 Å². The van der Waals surface area contributed by atoms with E-state index in [0.717, 1.165) is 10.4 Å². The molecule has 0 radical (unpaired) electrons. The van der Waals surface area contributed by atoms with Gasteiger partial charge in [-0.25, -0.2) is 10.1 Å². The highest BCUT2D eigenvalue weighted by atomic mass is 32.1. The molecule has 0 fully saturated rings. The van der Waals surface area contributed by atoms with Gasteiger partial charge >= 0.3 is 0 Å². The molecule has 0 aromatic carbocycles. The summed E-state index contributed by atoms with van der Waals surface area (Å²) in [5, 5.41) is 20.7. The van der Waals surface area contributed by atoms with E-state index in [1.807, 2.05) is 18.4 Å². The number of aryl methyl sites for hydroxylation is 1. The number of carbonyl (C=O) groups is 1. The summed E-state index contributed by atoms with van der Waals surface area (Å²) in [5.41, 5.74) is 9.51. The van der Waals surface area contributed by atoms with Crippen LogP contribution in [0.15, 0.2) is 21.2 Å². The van der Waals surface area contributed by atoms with E-state index in [2.05, 4.69) is 35.8 Å². The highest BCUT2D eigenvalue weighted by Crippen LogP contribution is 2.16. The van der Waals surface area contributed by atoms with Crippen molar-refractivity contribution in [1.29, 1.82) is 0 Å². The number of carbonyl (C=O) groups excluding carboxylic acids is 1. The molecule has 3 aromatic heterocycles. The maximum atomic E-state index is 12.3. The van der Waals surface area contributed by atoms with Gasteiger partial charge in [0.1, 0.15) is 5.69 Å². The Morgan fingerprint density at radius 3 is 3.04 bits per heavy atom. The lowest BCUT2D eigenvalue weighted by Crippen LogP contribution is -2.20. The smallest absolute Gasteiger partial charge is 0.293 e. The summed E-state index contributed by atoms with van der Waals surface area (Å²) in [5.74, 6) is -0.407. The topological polar surface area (TPSA) is 146 Å². The minimum Gasteiger partial charge on any atom is -0.378 e. The number of hydrogen-bond acceptors (Lipinski definition) is 10. The number of nitrogens with zero attached hydrogens (tertiary/aromatic N) is 6. The van der Waals surface area contributed by atoms with E-state index in [9.17, 15) is 4.79 Å². The van der Waals surface area contributed by atoms with Crippen LogP contribution in [0.4, 0.5) is 5.82 Å². The third kappa shape index (κ3) is 3.39. The summed E-state index contributed by atoms with van der Waals surface area (Å²) in [6, 6.07) is 1.96. The summed E-state index contributed by atoms with van der Waals surface area (Å²) in [6.45, 7) is 2.01. The number of aromatic nitrogens is 5. The van der Waals surface area contributed by atoms with Gasteiger partial charge in [0.15, 0.2) is 5.69 Å². The van der Waals surface area contributed by atoms with Crippen LogP contribution in [0.3, 0.4) is 0 Å². The van der Waals surface area contributed by atoms with E-state index in [1.54, 1.807) is 6.21 Å². The van der Waals surface area contributed by atoms with Crippen molar-refractivity contribution in [1.82, 2.24) is 30.7 Å². The first-order valence-electron chi connectivity index (χ1n) is 7.01. The van der Waals surface area contributed by atoms with Crippen LogP contribution in [-0.4, -0.2) is 44.5 Å². The summed E-state index contributed by atoms with van der Waals surface area (Å²) in [6.07, 6.45) is 1.57. The largest absolute Gasteiger partial charge is 0.378 e. The quantitative estimate of drug-likeness (QED) is 0.476. The molecule has 3 N–H and O–H groups in total. The van der Waals surface area contributed by atoms with Gasteiger partial charge in [0.2, 0.25) is 11.6 Å². The first-order chi connectivity index (χ1) is 12.1. The van der Waals surface area contributed by atoms with E-state index < -0.39 is 5.91 Å². The number of nitrogens with two attached hydrogens (primary N) is 1. The number of nitrogen functional groups attached to an aromatic ring is 1. The molecule has 0 saturated carbocycles. The Hall–Kier alpha value is -3.12. The molecule has 11 nitrogen and oxygen atoms in total. The Kier molecular flexibility index (Phi) is 4.81. The van der Waals surface area contributed by atoms with Crippen molar-refractivity contribution in [3.63, 3.8) is 0 Å². The third-order valence-corrected chi connectivity index (χ3v) is 4.16. The average molecular weight is 362 g/mol. The zero-order chi connectivity index (χ0) is 17.8. The average Bonchev–Trinajstić information content (AvgIpc) is 3.29. The van der Waals surface area contributed by atoms with Gasteiger partial charge in [0, 0.05) is 12.0 Å². The number of rotatable bonds is 6. The molecule has 0 spiro atoms. The van der Waals surface area contributed by atoms with E-state index >= 15 is 0 Å². The van der Waals surface area contributed by atoms with E-state index in [1.165, 1.54) is 23.1 Å². The molecule has 0 unspecified atom stereocenters. The van der Waals surface area contributed by atoms with Crippen LogP contribution in [0.2, 0.25) is 0 Å². The number of hydrogen-bond donors (Lipinski definition) is 2. The molecule has 3 aromatic rings. The third-order valence-electron chi connectivity index (χ3n) is 3.21. The van der Waals surface area contributed by atoms with Crippen molar-refractivity contribution < 1.29 is 14.2 Å². The van der Waals surface area contributed by atoms with Crippen LogP contribution in [0.25, 0.3) is 5.82 Å². The summed E-state index contributed by atoms with van der Waals surface area (Å²) in [4.78, 5) is 13.3. The lowest BCUT2D eigenvalue weighted by atomic mass is 10.3. The lowest BCUT2D eigenvalue weighted by molar-refractivity contribution is 0.0944. The predicted octanol–water partition coefficient (Wildman–Crippen LogP) is 0.513. The molecule has 0 saturated heterocycles. The van der Waals surface area contributed by atoms with Gasteiger partial charge in [-0.2, -0.15) is 9.78 Å². The van der Waals surface area contributed by atoms with E-state index in [0.29, 0.717) is 5.69 Å². The summed E-state index contributed by atoms with van der Waals surface area (Å²) >= 11 is 1.52. The van der Waals surface area contributed by atoms with Gasteiger partial charge in [-0.3, -0.25) is 4.79 Å². The standard InChI is InChI=1S/C13H14N8O3S/c1-7-3-4-25-9(7)5-15-17-13(22)10-8(6-23-2)21(20-16-10)12-11(14)18-24-19-12/h3-5H,6H2,1-2H3,(H2,14,18)(H,17,22)/b15-5-. The van der Waals surface area contributed by atoms with Crippen LogP contribution >= 0.6 is 11.3 Å². The highest BCUT2D eigenvalue weighted by Gasteiger charge is 2.23. The first kappa shape index (κ1) is 16.7. The Balaban J connectivity index is 1.83. The highest BCUT2D eigenvalue weighted by molar-refractivity contribution is 7.11. The second-order valence-electron chi connectivity index (χ2n) is 4.87. The Morgan fingerprint density at radius 1 is 1.56 bits per heavy atom. The molecule has 0 aliphatic carbocycles. The molecule has 0 bridgehead atoms. The number of nitrogens with one attached hydrogen (secondary N) is 1. The van der Waals surface area contributed by atoms with E-state index in [-0.39, 0.29) is 23.9 Å². The maximum absolute atomic E-state index is 12.3. The van der Waals surface area contributed by atoms with Crippen LogP contribution in [0.1, 0.15) is 26.6 Å². The fraction of sp³-hybridized carbons (Fsp3) is 0.231. The minimum absolute atomic E-state index is 0.0143. The number of anilines is 1. The molecule has 0 atom stereocenters. The molecule has 0 aliphatic rings. The van der Waals surface area contributed by atoms with Crippen molar-refractivity contribution in [2.75, 3.05) is 12.8 Å². The van der Waals surface area contributed by atoms with Crippen LogP contribution < -0.4 is 11.2 Å². The van der Waals surface area contributed by atoms with Crippen LogP contribution in [0, 0.1) is 6.92 Å². The number of ether oxygens (including phenoxy) is 1. The zero-order valence-corrected chi connectivity index (χ0v) is 14.1. The van der Waals surface area contributed by atoms with Gasteiger partial charge in [0.25, 0.3) is 5.91 Å². The monoisotopic (exact) mass is 362 g/mol. The van der Waals surface area contributed by atoms with Gasteiger partial charge in [-0.05, 0) is 34.2 Å². The van der Waals surface area contributed by atoms with Crippen molar-refractivity contribution >= 4 is 29.3 Å². The number of thiophene rings is 1. The number of amides is 1. The molecule has 12 heteroatoms. The molecular formula is C13H14N8O3S. The Morgan fingerprint density at radius 2 is 2.40 bits per heavy atom. The van der Waals surface area contributed by atoms with Gasteiger partial charge in [-0.1, -0.05) is 5.21 Å². The van der Waals surface area contributed by atoms with E-state index in [4.69, 9.17) is 10.5 Å². The molecular weight excluding hydrogens is 348 g/mol. The van der Waals surface area contributed by atoms with Crippen LogP contribution in [-0.2, 0) is 11.3 Å². The van der Waals surface area contributed by atoms with Gasteiger partial charge in [-0.15, -0.1) is 16.4 Å². The van der Waals surface area contributed by atoms with Gasteiger partial charge in [0.05, 0.1) is 12.8 Å². The minimum atomic E-state index is -0.543. The molecule has 3 rings (SSSR count). The lowest BCUT2D eigenvalue weighted by Gasteiger charge is -2.03. The fourth-order valence-electron chi connectivity index (χ4n) is 1.97. The Labute approximate surface area is 145 Å². The van der Waals surface area contributed by atoms with Crippen molar-refractivity contribution in [2.45, 2.75) is 13.5 Å². The maximum Gasteiger partial charge on any atom is 0.293 e. The number of methoxy groups -OCH3 is 1. The van der Waals surface area contributed by atoms with Crippen LogP contribution in [0.5, 0.6) is 0 Å². The second kappa shape index (κ2) is 7.19. The van der Waals surface area contributed by atoms with Gasteiger partial charge < -0.3 is 10.5 Å². The predicted molar refractivity (Wildman–Crippen MR) is 88.5 cm³/mol. The zero-order valence-electron chi connectivity index (χ0n) is 13.3. The SMILES string of the molecule is COCc1c(C(=O)N/N=C\c2sccc2C)nnn1-c1nonc1N. The molecule has 130 valence electrons. The van der Waals surface area contributed by atoms with Crippen molar-refractivity contribution in [3.05, 3.63) is 33.3 Å². The molecule has 25 heavy (non-hydrogen) atoms. The fourth-order valence-corrected chi connectivity index (χ4v) is 2.76. The first-order valence-corrected chi connectivity index (χ1v) is 7.89. The number of hydrazone groups is 1. The Bertz CT molecular complexity index is 912. The summed E-state index contributed by atoms with van der Waals surface area (Å²) in [7, 11) is 1.47.